The summed E-state index contributed by atoms with van der Waals surface area (Å²) in [6.07, 6.45) is 11.6. The molecule has 0 aliphatic rings. The van der Waals surface area contributed by atoms with Gasteiger partial charge in [0, 0.05) is 6.42 Å². The summed E-state index contributed by atoms with van der Waals surface area (Å²) in [5.41, 5.74) is 4.94. The van der Waals surface area contributed by atoms with Gasteiger partial charge >= 0.3 is 29.6 Å². The third-order valence-corrected chi connectivity index (χ3v) is 2.93. The van der Waals surface area contributed by atoms with Crippen molar-refractivity contribution in [3.05, 3.63) is 0 Å². The Morgan fingerprint density at radius 1 is 0.833 bits per heavy atom. The number of rotatable bonds is 12. The van der Waals surface area contributed by atoms with Crippen molar-refractivity contribution in [3.63, 3.8) is 0 Å². The average Bonchev–Trinajstić information content (AvgIpc) is 2.26. The molecule has 0 aromatic heterocycles. The summed E-state index contributed by atoms with van der Waals surface area (Å²) in [6, 6.07) is 0. The van der Waals surface area contributed by atoms with Crippen LogP contribution >= 0.6 is 0 Å². The molecule has 1 amide bonds. The molecule has 0 atom stereocenters. The van der Waals surface area contributed by atoms with Gasteiger partial charge in [0.05, 0.1) is 6.42 Å². The summed E-state index contributed by atoms with van der Waals surface area (Å²) in [7, 11) is 0. The van der Waals surface area contributed by atoms with E-state index in [9.17, 15) is 9.59 Å². The van der Waals surface area contributed by atoms with E-state index in [1.807, 2.05) is 0 Å². The summed E-state index contributed by atoms with van der Waals surface area (Å²) >= 11 is 0. The van der Waals surface area contributed by atoms with Crippen LogP contribution in [0.25, 0.3) is 0 Å². The van der Waals surface area contributed by atoms with Gasteiger partial charge in [0.1, 0.15) is 5.78 Å². The van der Waals surface area contributed by atoms with Crippen molar-refractivity contribution in [3.8, 4) is 0 Å². The van der Waals surface area contributed by atoms with E-state index in [1.165, 1.54) is 44.9 Å². The molecular formula is C14H28NNaO2. The van der Waals surface area contributed by atoms with E-state index >= 15 is 0 Å². The molecule has 0 aromatic rings. The fourth-order valence-electron chi connectivity index (χ4n) is 1.92. The fraction of sp³-hybridized carbons (Fsp3) is 0.857. The Hall–Kier alpha value is 0.140. The fourth-order valence-corrected chi connectivity index (χ4v) is 1.92. The number of nitrogens with two attached hydrogens (primary N) is 1. The second kappa shape index (κ2) is 15.2. The van der Waals surface area contributed by atoms with Gasteiger partial charge in [-0.15, -0.1) is 0 Å². The Morgan fingerprint density at radius 2 is 1.28 bits per heavy atom. The summed E-state index contributed by atoms with van der Waals surface area (Å²) in [5.74, 6) is -0.522. The molecule has 0 radical (unpaired) electrons. The molecule has 0 spiro atoms. The zero-order valence-electron chi connectivity index (χ0n) is 11.2. The molecule has 0 saturated carbocycles. The standard InChI is InChI=1S/C14H27NO2.Na.H/c1-2-3-4-5-6-7-8-9-10-11-13(16)12-14(15)17;;/h2-12H2,1H3,(H2,15,17);;. The number of Topliss-reactive ketones (excluding diaryl/α,β-unsaturated/α-hetero) is 1. The first-order chi connectivity index (χ1) is 8.16. The van der Waals surface area contributed by atoms with Gasteiger partial charge in [-0.05, 0) is 6.42 Å². The first-order valence-corrected chi connectivity index (χ1v) is 6.96. The van der Waals surface area contributed by atoms with E-state index in [4.69, 9.17) is 5.73 Å². The summed E-state index contributed by atoms with van der Waals surface area (Å²) in [5, 5.41) is 0. The maximum absolute atomic E-state index is 11.2. The quantitative estimate of drug-likeness (QED) is 0.335. The zero-order valence-corrected chi connectivity index (χ0v) is 11.2. The molecule has 0 aliphatic carbocycles. The van der Waals surface area contributed by atoms with E-state index in [1.54, 1.807) is 0 Å². The third kappa shape index (κ3) is 16.1. The molecule has 102 valence electrons. The van der Waals surface area contributed by atoms with Crippen molar-refractivity contribution in [2.45, 2.75) is 77.6 Å². The molecular weight excluding hydrogens is 237 g/mol. The molecule has 0 unspecified atom stereocenters. The van der Waals surface area contributed by atoms with Crippen LogP contribution in [0, 0.1) is 0 Å². The SMILES string of the molecule is CCCCCCCCCCCC(=O)CC(N)=O.[NaH]. The van der Waals surface area contributed by atoms with Gasteiger partial charge in [0.15, 0.2) is 0 Å². The number of carbonyl (C=O) groups is 2. The van der Waals surface area contributed by atoms with E-state index in [0.717, 1.165) is 12.8 Å². The minimum absolute atomic E-state index is 0. The molecule has 3 nitrogen and oxygen atoms in total. The Balaban J connectivity index is 0. The van der Waals surface area contributed by atoms with Crippen LogP contribution in [0.3, 0.4) is 0 Å². The Kier molecular flexibility index (Phi) is 17.3. The topological polar surface area (TPSA) is 60.2 Å². The predicted molar refractivity (Wildman–Crippen MR) is 77.8 cm³/mol. The molecule has 4 heteroatoms. The Morgan fingerprint density at radius 3 is 1.72 bits per heavy atom. The minimum atomic E-state index is -0.508. The van der Waals surface area contributed by atoms with Gasteiger partial charge in [0.2, 0.25) is 5.91 Å². The van der Waals surface area contributed by atoms with Gasteiger partial charge in [-0.2, -0.15) is 0 Å². The summed E-state index contributed by atoms with van der Waals surface area (Å²) in [4.78, 5) is 21.6. The molecule has 0 aromatic carbocycles. The first kappa shape index (κ1) is 20.5. The molecule has 0 saturated heterocycles. The Labute approximate surface area is 134 Å². The van der Waals surface area contributed by atoms with Crippen LogP contribution < -0.4 is 5.73 Å². The van der Waals surface area contributed by atoms with Crippen molar-refractivity contribution in [2.24, 2.45) is 5.73 Å². The van der Waals surface area contributed by atoms with Crippen LogP contribution in [0.1, 0.15) is 77.6 Å². The predicted octanol–water partition coefficient (Wildman–Crippen LogP) is 2.70. The van der Waals surface area contributed by atoms with Gasteiger partial charge in [-0.1, -0.05) is 58.3 Å². The zero-order chi connectivity index (χ0) is 12.9. The summed E-state index contributed by atoms with van der Waals surface area (Å²) in [6.45, 7) is 2.23. The number of hydrogen-bond donors (Lipinski definition) is 1. The normalized spacial score (nSPS) is 9.83. The molecule has 0 rings (SSSR count). The number of amides is 1. The number of unbranched alkanes of at least 4 members (excludes halogenated alkanes) is 8. The van der Waals surface area contributed by atoms with Crippen LogP contribution in [0.4, 0.5) is 0 Å². The van der Waals surface area contributed by atoms with E-state index < -0.39 is 5.91 Å². The van der Waals surface area contributed by atoms with Crippen molar-refractivity contribution < 1.29 is 9.59 Å². The second-order valence-corrected chi connectivity index (χ2v) is 4.76. The monoisotopic (exact) mass is 265 g/mol. The number of hydrogen-bond acceptors (Lipinski definition) is 2. The number of primary amides is 1. The van der Waals surface area contributed by atoms with Crippen LogP contribution in [0.2, 0.25) is 0 Å². The summed E-state index contributed by atoms with van der Waals surface area (Å²) < 4.78 is 0. The third-order valence-electron chi connectivity index (χ3n) is 2.93. The van der Waals surface area contributed by atoms with E-state index in [2.05, 4.69) is 6.92 Å². The maximum atomic E-state index is 11.2. The average molecular weight is 265 g/mol. The van der Waals surface area contributed by atoms with E-state index in [-0.39, 0.29) is 41.8 Å². The molecule has 0 aliphatic heterocycles. The number of carbonyl (C=O) groups excluding carboxylic acids is 2. The Bertz CT molecular complexity index is 220. The van der Waals surface area contributed by atoms with Gasteiger partial charge in [0.25, 0.3) is 0 Å². The molecule has 18 heavy (non-hydrogen) atoms. The molecule has 2 N–H and O–H groups in total. The van der Waals surface area contributed by atoms with Crippen molar-refractivity contribution in [2.75, 3.05) is 0 Å². The van der Waals surface area contributed by atoms with Gasteiger partial charge in [-0.3, -0.25) is 9.59 Å². The van der Waals surface area contributed by atoms with Crippen LogP contribution in [0.5, 0.6) is 0 Å². The molecule has 0 heterocycles. The first-order valence-electron chi connectivity index (χ1n) is 6.96. The van der Waals surface area contributed by atoms with Crippen molar-refractivity contribution in [1.82, 2.24) is 0 Å². The van der Waals surface area contributed by atoms with Crippen LogP contribution in [0.15, 0.2) is 0 Å². The van der Waals surface area contributed by atoms with Crippen LogP contribution in [-0.2, 0) is 9.59 Å². The van der Waals surface area contributed by atoms with Crippen molar-refractivity contribution >= 4 is 41.2 Å². The molecule has 0 bridgehead atoms. The van der Waals surface area contributed by atoms with Gasteiger partial charge < -0.3 is 5.73 Å². The van der Waals surface area contributed by atoms with Crippen molar-refractivity contribution in [1.29, 1.82) is 0 Å². The van der Waals surface area contributed by atoms with E-state index in [0.29, 0.717) is 6.42 Å². The second-order valence-electron chi connectivity index (χ2n) is 4.76. The van der Waals surface area contributed by atoms with Gasteiger partial charge in [-0.25, -0.2) is 0 Å². The number of ketones is 1. The van der Waals surface area contributed by atoms with Crippen LogP contribution in [-0.4, -0.2) is 41.2 Å². The molecule has 0 fully saturated rings.